The second-order valence-corrected chi connectivity index (χ2v) is 5.23. The van der Waals surface area contributed by atoms with Crippen LogP contribution in [0.4, 0.5) is 0 Å². The Morgan fingerprint density at radius 2 is 2.00 bits per heavy atom. The maximum Gasteiger partial charge on any atom is 0.131 e. The third kappa shape index (κ3) is 2.16. The fourth-order valence-electron chi connectivity index (χ4n) is 2.14. The molecule has 2 aromatic heterocycles. The third-order valence-electron chi connectivity index (χ3n) is 3.21. The van der Waals surface area contributed by atoms with Crippen LogP contribution in [0.1, 0.15) is 31.3 Å². The molecule has 0 fully saturated rings. The lowest BCUT2D eigenvalue weighted by Crippen LogP contribution is -2.07. The Hall–Kier alpha value is -1.94. The number of aromatic nitrogens is 4. The largest absolute Gasteiger partial charge is 0.239 e. The van der Waals surface area contributed by atoms with Crippen LogP contribution >= 0.6 is 11.6 Å². The van der Waals surface area contributed by atoms with Crippen molar-refractivity contribution in [1.29, 1.82) is 0 Å². The van der Waals surface area contributed by atoms with Gasteiger partial charge in [0, 0.05) is 11.3 Å². The fourth-order valence-corrected chi connectivity index (χ4v) is 2.34. The third-order valence-corrected chi connectivity index (χ3v) is 3.47. The van der Waals surface area contributed by atoms with E-state index in [0.717, 1.165) is 28.1 Å². The van der Waals surface area contributed by atoms with Crippen LogP contribution in [0.2, 0.25) is 0 Å². The van der Waals surface area contributed by atoms with Gasteiger partial charge in [-0.15, -0.1) is 11.6 Å². The summed E-state index contributed by atoms with van der Waals surface area (Å²) in [6.07, 6.45) is 3.64. The van der Waals surface area contributed by atoms with Gasteiger partial charge >= 0.3 is 0 Å². The second-order valence-electron chi connectivity index (χ2n) is 4.96. The first-order chi connectivity index (χ1) is 9.70. The molecule has 0 N–H and O–H groups in total. The van der Waals surface area contributed by atoms with Gasteiger partial charge in [-0.25, -0.2) is 14.6 Å². The standard InChI is InChI=1S/C15H15ClN4/c1-10(2)15-17-9-14(12(7-16)19-15)20-13-6-4-3-5-11(13)8-18-20/h3-6,8-10H,7H2,1-2H3. The molecule has 0 unspecified atom stereocenters. The van der Waals surface area contributed by atoms with E-state index in [2.05, 4.69) is 28.9 Å². The summed E-state index contributed by atoms with van der Waals surface area (Å²) < 4.78 is 1.84. The van der Waals surface area contributed by atoms with Crippen molar-refractivity contribution in [3.8, 4) is 5.69 Å². The molecule has 0 amide bonds. The Morgan fingerprint density at radius 1 is 1.20 bits per heavy atom. The second kappa shape index (κ2) is 5.21. The first-order valence-corrected chi connectivity index (χ1v) is 7.09. The molecule has 1 aromatic carbocycles. The summed E-state index contributed by atoms with van der Waals surface area (Å²) in [6, 6.07) is 8.04. The molecule has 20 heavy (non-hydrogen) atoms. The van der Waals surface area contributed by atoms with E-state index < -0.39 is 0 Å². The van der Waals surface area contributed by atoms with Crippen molar-refractivity contribution in [2.45, 2.75) is 25.6 Å². The van der Waals surface area contributed by atoms with Crippen LogP contribution in [0.3, 0.4) is 0 Å². The number of para-hydroxylation sites is 1. The number of nitrogens with zero attached hydrogens (tertiary/aromatic N) is 4. The Labute approximate surface area is 122 Å². The van der Waals surface area contributed by atoms with E-state index in [4.69, 9.17) is 11.6 Å². The number of hydrogen-bond donors (Lipinski definition) is 0. The summed E-state index contributed by atoms with van der Waals surface area (Å²) in [5, 5.41) is 5.51. The maximum atomic E-state index is 6.05. The minimum Gasteiger partial charge on any atom is -0.239 e. The van der Waals surface area contributed by atoms with Crippen molar-refractivity contribution in [1.82, 2.24) is 19.7 Å². The predicted molar refractivity (Wildman–Crippen MR) is 80.3 cm³/mol. The monoisotopic (exact) mass is 286 g/mol. The van der Waals surface area contributed by atoms with Crippen molar-refractivity contribution in [3.63, 3.8) is 0 Å². The van der Waals surface area contributed by atoms with Gasteiger partial charge < -0.3 is 0 Å². The van der Waals surface area contributed by atoms with Gasteiger partial charge in [0.2, 0.25) is 0 Å². The summed E-state index contributed by atoms with van der Waals surface area (Å²) >= 11 is 6.05. The minimum absolute atomic E-state index is 0.278. The topological polar surface area (TPSA) is 43.6 Å². The first-order valence-electron chi connectivity index (χ1n) is 6.55. The number of rotatable bonds is 3. The molecular weight excluding hydrogens is 272 g/mol. The van der Waals surface area contributed by atoms with Crippen LogP contribution in [0.15, 0.2) is 36.7 Å². The first kappa shape index (κ1) is 13.1. The predicted octanol–water partition coefficient (Wildman–Crippen LogP) is 3.68. The molecule has 0 spiro atoms. The van der Waals surface area contributed by atoms with E-state index in [1.807, 2.05) is 35.1 Å². The van der Waals surface area contributed by atoms with E-state index in [-0.39, 0.29) is 5.92 Å². The maximum absolute atomic E-state index is 6.05. The van der Waals surface area contributed by atoms with Crippen LogP contribution in [-0.2, 0) is 5.88 Å². The van der Waals surface area contributed by atoms with E-state index in [1.54, 1.807) is 6.20 Å². The molecule has 0 saturated heterocycles. The molecular formula is C15H15ClN4. The van der Waals surface area contributed by atoms with Gasteiger partial charge in [0.05, 0.1) is 29.5 Å². The molecule has 3 rings (SSSR count). The Bertz CT molecular complexity index is 748. The van der Waals surface area contributed by atoms with Gasteiger partial charge in [-0.2, -0.15) is 5.10 Å². The number of hydrogen-bond acceptors (Lipinski definition) is 3. The van der Waals surface area contributed by atoms with Crippen LogP contribution in [0.5, 0.6) is 0 Å². The molecule has 0 aliphatic rings. The lowest BCUT2D eigenvalue weighted by molar-refractivity contribution is 0.752. The highest BCUT2D eigenvalue weighted by Gasteiger charge is 2.13. The molecule has 102 valence electrons. The summed E-state index contributed by atoms with van der Waals surface area (Å²) in [6.45, 7) is 4.13. The van der Waals surface area contributed by atoms with Gasteiger partial charge in [-0.1, -0.05) is 32.0 Å². The SMILES string of the molecule is CC(C)c1ncc(-n2ncc3ccccc32)c(CCl)n1. The van der Waals surface area contributed by atoms with Crippen molar-refractivity contribution in [3.05, 3.63) is 48.2 Å². The normalized spacial score (nSPS) is 11.4. The van der Waals surface area contributed by atoms with Gasteiger partial charge in [-0.3, -0.25) is 0 Å². The molecule has 0 aliphatic carbocycles. The molecule has 0 aliphatic heterocycles. The summed E-state index contributed by atoms with van der Waals surface area (Å²) in [7, 11) is 0. The van der Waals surface area contributed by atoms with Crippen LogP contribution in [-0.4, -0.2) is 19.7 Å². The van der Waals surface area contributed by atoms with E-state index >= 15 is 0 Å². The number of alkyl halides is 1. The smallest absolute Gasteiger partial charge is 0.131 e. The highest BCUT2D eigenvalue weighted by atomic mass is 35.5. The average Bonchev–Trinajstić information content (AvgIpc) is 2.90. The Kier molecular flexibility index (Phi) is 3.40. The number of halogens is 1. The molecule has 0 radical (unpaired) electrons. The van der Waals surface area contributed by atoms with Crippen LogP contribution in [0, 0.1) is 0 Å². The molecule has 0 bridgehead atoms. The van der Waals surface area contributed by atoms with Crippen molar-refractivity contribution in [2.75, 3.05) is 0 Å². The lowest BCUT2D eigenvalue weighted by Gasteiger charge is -2.10. The van der Waals surface area contributed by atoms with E-state index in [0.29, 0.717) is 5.88 Å². The zero-order chi connectivity index (χ0) is 14.1. The molecule has 4 nitrogen and oxygen atoms in total. The molecule has 3 aromatic rings. The van der Waals surface area contributed by atoms with Crippen molar-refractivity contribution >= 4 is 22.5 Å². The Morgan fingerprint density at radius 3 is 2.75 bits per heavy atom. The molecule has 0 atom stereocenters. The van der Waals surface area contributed by atoms with Gasteiger partial charge in [-0.05, 0) is 6.07 Å². The lowest BCUT2D eigenvalue weighted by atomic mass is 10.2. The quantitative estimate of drug-likeness (QED) is 0.690. The zero-order valence-electron chi connectivity index (χ0n) is 11.4. The average molecular weight is 287 g/mol. The van der Waals surface area contributed by atoms with Crippen molar-refractivity contribution in [2.24, 2.45) is 0 Å². The van der Waals surface area contributed by atoms with Crippen LogP contribution in [0.25, 0.3) is 16.6 Å². The highest BCUT2D eigenvalue weighted by molar-refractivity contribution is 6.17. The number of fused-ring (bicyclic) bond motifs is 1. The summed E-state index contributed by atoms with van der Waals surface area (Å²) in [5.41, 5.74) is 2.67. The molecule has 0 saturated carbocycles. The van der Waals surface area contributed by atoms with Gasteiger partial charge in [0.1, 0.15) is 11.5 Å². The zero-order valence-corrected chi connectivity index (χ0v) is 12.2. The number of benzene rings is 1. The Balaban J connectivity index is 2.19. The summed E-state index contributed by atoms with van der Waals surface area (Å²) in [5.74, 6) is 1.42. The van der Waals surface area contributed by atoms with Crippen LogP contribution < -0.4 is 0 Å². The van der Waals surface area contributed by atoms with Gasteiger partial charge in [0.15, 0.2) is 0 Å². The fraction of sp³-hybridized carbons (Fsp3) is 0.267. The minimum atomic E-state index is 0.278. The summed E-state index contributed by atoms with van der Waals surface area (Å²) in [4.78, 5) is 8.97. The van der Waals surface area contributed by atoms with Gasteiger partial charge in [0.25, 0.3) is 0 Å². The van der Waals surface area contributed by atoms with E-state index in [9.17, 15) is 0 Å². The molecule has 5 heteroatoms. The van der Waals surface area contributed by atoms with E-state index in [1.165, 1.54) is 0 Å². The highest BCUT2D eigenvalue weighted by Crippen LogP contribution is 2.21. The van der Waals surface area contributed by atoms with Crippen molar-refractivity contribution < 1.29 is 0 Å². The molecule has 2 heterocycles.